The van der Waals surface area contributed by atoms with Gasteiger partial charge in [-0.2, -0.15) is 0 Å². The van der Waals surface area contributed by atoms with Gasteiger partial charge in [-0.15, -0.1) is 11.3 Å². The van der Waals surface area contributed by atoms with Gasteiger partial charge in [0.2, 0.25) is 0 Å². The molecule has 1 nitrogen and oxygen atoms in total. The van der Waals surface area contributed by atoms with Crippen molar-refractivity contribution in [1.82, 2.24) is 5.32 Å². The van der Waals surface area contributed by atoms with Crippen LogP contribution < -0.4 is 5.32 Å². The van der Waals surface area contributed by atoms with Crippen molar-refractivity contribution in [3.63, 3.8) is 0 Å². The number of thiophene rings is 1. The normalized spacial score (nSPS) is 27.8. The summed E-state index contributed by atoms with van der Waals surface area (Å²) in [6.45, 7) is 10.5. The Morgan fingerprint density at radius 3 is 2.60 bits per heavy atom. The van der Waals surface area contributed by atoms with Crippen LogP contribution in [0.15, 0.2) is 15.9 Å². The molecule has 2 rings (SSSR count). The maximum Gasteiger partial charge on any atom is 0.0701 e. The van der Waals surface area contributed by atoms with Crippen LogP contribution in [0, 0.1) is 17.3 Å². The van der Waals surface area contributed by atoms with Gasteiger partial charge in [-0.1, -0.05) is 27.7 Å². The van der Waals surface area contributed by atoms with E-state index in [2.05, 4.69) is 61.1 Å². The molecule has 0 aliphatic heterocycles. The van der Waals surface area contributed by atoms with Crippen LogP contribution in [-0.2, 0) is 6.42 Å². The third-order valence-corrected chi connectivity index (χ3v) is 6.41. The van der Waals surface area contributed by atoms with E-state index in [-0.39, 0.29) is 0 Å². The van der Waals surface area contributed by atoms with Gasteiger partial charge in [-0.3, -0.25) is 0 Å². The molecule has 1 aliphatic carbocycles. The molecule has 1 heterocycles. The Morgan fingerprint density at radius 2 is 2.05 bits per heavy atom. The molecule has 0 aromatic carbocycles. The van der Waals surface area contributed by atoms with Crippen LogP contribution in [0.25, 0.3) is 0 Å². The molecule has 1 fully saturated rings. The summed E-state index contributed by atoms with van der Waals surface area (Å²) in [6.07, 6.45) is 5.33. The smallest absolute Gasteiger partial charge is 0.0701 e. The van der Waals surface area contributed by atoms with Gasteiger partial charge in [0, 0.05) is 10.9 Å². The average Bonchev–Trinajstić information content (AvgIpc) is 2.76. The van der Waals surface area contributed by atoms with Crippen LogP contribution in [0.3, 0.4) is 0 Å². The van der Waals surface area contributed by atoms with Crippen LogP contribution in [0.4, 0.5) is 0 Å². The first-order valence-electron chi connectivity index (χ1n) is 7.87. The van der Waals surface area contributed by atoms with Crippen LogP contribution in [-0.4, -0.2) is 12.6 Å². The molecule has 1 N–H and O–H groups in total. The van der Waals surface area contributed by atoms with Crippen molar-refractivity contribution in [2.75, 3.05) is 6.54 Å². The molecule has 0 bridgehead atoms. The second kappa shape index (κ2) is 6.93. The van der Waals surface area contributed by atoms with Gasteiger partial charge < -0.3 is 5.32 Å². The third-order valence-electron chi connectivity index (χ3n) is 4.77. The standard InChI is InChI=1S/C17H28BrNS/c1-5-19-15-8-6-13(17(2,3)4)10-12(15)11-14-7-9-16(18)20-14/h7,9,12-13,15,19H,5-6,8,10-11H2,1-4H3. The maximum absolute atomic E-state index is 3.73. The first kappa shape index (κ1) is 16.5. The summed E-state index contributed by atoms with van der Waals surface area (Å²) in [7, 11) is 0. The molecular formula is C17H28BrNS. The SMILES string of the molecule is CCNC1CCC(C(C)(C)C)CC1Cc1ccc(Br)s1. The molecule has 1 saturated carbocycles. The Balaban J connectivity index is 2.06. The summed E-state index contributed by atoms with van der Waals surface area (Å²) >= 11 is 5.49. The van der Waals surface area contributed by atoms with Crippen molar-refractivity contribution in [2.24, 2.45) is 17.3 Å². The zero-order chi connectivity index (χ0) is 14.8. The number of rotatable bonds is 4. The lowest BCUT2D eigenvalue weighted by Crippen LogP contribution is -2.43. The van der Waals surface area contributed by atoms with Gasteiger partial charge in [0.05, 0.1) is 3.79 Å². The number of halogens is 1. The fourth-order valence-electron chi connectivity index (χ4n) is 3.53. The highest BCUT2D eigenvalue weighted by Gasteiger charge is 2.35. The lowest BCUT2D eigenvalue weighted by atomic mass is 9.66. The van der Waals surface area contributed by atoms with Crippen LogP contribution in [0.5, 0.6) is 0 Å². The largest absolute Gasteiger partial charge is 0.314 e. The van der Waals surface area contributed by atoms with Crippen molar-refractivity contribution >= 4 is 27.3 Å². The maximum atomic E-state index is 3.73. The molecular weight excluding hydrogens is 330 g/mol. The molecule has 3 unspecified atom stereocenters. The quantitative estimate of drug-likeness (QED) is 0.750. The minimum Gasteiger partial charge on any atom is -0.314 e. The van der Waals surface area contributed by atoms with Crippen molar-refractivity contribution < 1.29 is 0 Å². The third kappa shape index (κ3) is 4.32. The van der Waals surface area contributed by atoms with Crippen molar-refractivity contribution in [3.05, 3.63) is 20.8 Å². The van der Waals surface area contributed by atoms with Gasteiger partial charge >= 0.3 is 0 Å². The molecule has 0 radical (unpaired) electrons. The van der Waals surface area contributed by atoms with Crippen LogP contribution in [0.1, 0.15) is 51.8 Å². The van der Waals surface area contributed by atoms with Crippen LogP contribution >= 0.6 is 27.3 Å². The lowest BCUT2D eigenvalue weighted by Gasteiger charge is -2.42. The fraction of sp³-hybridized carbons (Fsp3) is 0.765. The Kier molecular flexibility index (Phi) is 5.72. The van der Waals surface area contributed by atoms with E-state index in [9.17, 15) is 0 Å². The molecule has 114 valence electrons. The Labute approximate surface area is 136 Å². The minimum atomic E-state index is 0.450. The minimum absolute atomic E-state index is 0.450. The first-order chi connectivity index (χ1) is 9.40. The Bertz CT molecular complexity index is 421. The number of hydrogen-bond donors (Lipinski definition) is 1. The Hall–Kier alpha value is 0.140. The summed E-state index contributed by atoms with van der Waals surface area (Å²) in [4.78, 5) is 1.53. The molecule has 1 aliphatic rings. The predicted octanol–water partition coefficient (Wildman–Crippen LogP) is 5.49. The molecule has 0 amide bonds. The van der Waals surface area contributed by atoms with Gasteiger partial charge in [0.25, 0.3) is 0 Å². The van der Waals surface area contributed by atoms with Gasteiger partial charge in [-0.05, 0) is 77.5 Å². The molecule has 1 aromatic heterocycles. The summed E-state index contributed by atoms with van der Waals surface area (Å²) in [6, 6.07) is 5.18. The van der Waals surface area contributed by atoms with Gasteiger partial charge in [0.15, 0.2) is 0 Å². The van der Waals surface area contributed by atoms with Crippen molar-refractivity contribution in [1.29, 1.82) is 0 Å². The van der Waals surface area contributed by atoms with E-state index >= 15 is 0 Å². The van der Waals surface area contributed by atoms with E-state index < -0.39 is 0 Å². The second-order valence-electron chi connectivity index (χ2n) is 7.21. The van der Waals surface area contributed by atoms with E-state index in [1.807, 2.05) is 11.3 Å². The summed E-state index contributed by atoms with van der Waals surface area (Å²) in [5, 5.41) is 3.73. The van der Waals surface area contributed by atoms with E-state index in [0.717, 1.165) is 18.4 Å². The first-order valence-corrected chi connectivity index (χ1v) is 9.48. The highest BCUT2D eigenvalue weighted by molar-refractivity contribution is 9.11. The summed E-state index contributed by atoms with van der Waals surface area (Å²) in [5.41, 5.74) is 0.450. The zero-order valence-corrected chi connectivity index (χ0v) is 15.6. The van der Waals surface area contributed by atoms with E-state index in [1.54, 1.807) is 0 Å². The Morgan fingerprint density at radius 1 is 1.30 bits per heavy atom. The van der Waals surface area contributed by atoms with E-state index in [0.29, 0.717) is 11.5 Å². The van der Waals surface area contributed by atoms with E-state index in [1.165, 1.54) is 34.3 Å². The van der Waals surface area contributed by atoms with E-state index in [4.69, 9.17) is 0 Å². The average molecular weight is 358 g/mol. The highest BCUT2D eigenvalue weighted by atomic mass is 79.9. The molecule has 0 saturated heterocycles. The second-order valence-corrected chi connectivity index (χ2v) is 9.76. The van der Waals surface area contributed by atoms with Crippen LogP contribution in [0.2, 0.25) is 0 Å². The molecule has 3 heteroatoms. The number of hydrogen-bond acceptors (Lipinski definition) is 2. The zero-order valence-electron chi connectivity index (χ0n) is 13.2. The summed E-state index contributed by atoms with van der Waals surface area (Å²) < 4.78 is 1.26. The fourth-order valence-corrected chi connectivity index (χ4v) is 5.10. The molecule has 1 aromatic rings. The highest BCUT2D eigenvalue weighted by Crippen LogP contribution is 2.42. The predicted molar refractivity (Wildman–Crippen MR) is 93.5 cm³/mol. The molecule has 20 heavy (non-hydrogen) atoms. The molecule has 3 atom stereocenters. The number of nitrogens with one attached hydrogen (secondary N) is 1. The monoisotopic (exact) mass is 357 g/mol. The van der Waals surface area contributed by atoms with Crippen molar-refractivity contribution in [2.45, 2.75) is 59.4 Å². The van der Waals surface area contributed by atoms with Gasteiger partial charge in [-0.25, -0.2) is 0 Å². The van der Waals surface area contributed by atoms with Gasteiger partial charge in [0.1, 0.15) is 0 Å². The summed E-state index contributed by atoms with van der Waals surface area (Å²) in [5.74, 6) is 1.66. The van der Waals surface area contributed by atoms with Crippen molar-refractivity contribution in [3.8, 4) is 0 Å². The lowest BCUT2D eigenvalue weighted by molar-refractivity contribution is 0.115. The topological polar surface area (TPSA) is 12.0 Å². The molecule has 0 spiro atoms.